The first-order chi connectivity index (χ1) is 5.78. The molecule has 0 heterocycles. The smallest absolute Gasteiger partial charge is 0.0535 e. The first-order valence-electron chi connectivity index (χ1n) is 4.90. The van der Waals surface area contributed by atoms with Crippen LogP contribution in [0.3, 0.4) is 0 Å². The SMILES string of the molecule is CC[SiH](CCl)CC[SiH](CC)CCl. The predicted octanol–water partition coefficient (Wildman–Crippen LogP) is 3.04. The molecule has 0 aliphatic heterocycles. The van der Waals surface area contributed by atoms with Gasteiger partial charge in [0.2, 0.25) is 0 Å². The molecule has 0 fully saturated rings. The summed E-state index contributed by atoms with van der Waals surface area (Å²) >= 11 is 11.8. The van der Waals surface area contributed by atoms with E-state index < -0.39 is 17.6 Å². The summed E-state index contributed by atoms with van der Waals surface area (Å²) in [6.45, 7) is 4.56. The molecule has 0 aliphatic carbocycles. The van der Waals surface area contributed by atoms with Gasteiger partial charge in [-0.05, 0) is 0 Å². The van der Waals surface area contributed by atoms with Crippen LogP contribution in [0.1, 0.15) is 13.8 Å². The average molecular weight is 243 g/mol. The standard InChI is InChI=1S/C8H20Cl2Si2/c1-3-11(7-9)5-6-12(4-2)8-10/h11-12H,3-8H2,1-2H3. The monoisotopic (exact) mass is 242 g/mol. The van der Waals surface area contributed by atoms with Gasteiger partial charge >= 0.3 is 0 Å². The van der Waals surface area contributed by atoms with Gasteiger partial charge in [0, 0.05) is 11.0 Å². The summed E-state index contributed by atoms with van der Waals surface area (Å²) in [5, 5.41) is 0. The second-order valence-corrected chi connectivity index (χ2v) is 12.2. The van der Waals surface area contributed by atoms with Crippen molar-refractivity contribution in [2.45, 2.75) is 38.0 Å². The fourth-order valence-electron chi connectivity index (χ4n) is 1.25. The van der Waals surface area contributed by atoms with E-state index in [-0.39, 0.29) is 0 Å². The zero-order valence-corrected chi connectivity index (χ0v) is 12.0. The Morgan fingerprint density at radius 1 is 0.833 bits per heavy atom. The Balaban J connectivity index is 3.49. The maximum Gasteiger partial charge on any atom is 0.0535 e. The molecule has 0 rings (SSSR count). The highest BCUT2D eigenvalue weighted by Crippen LogP contribution is 2.11. The normalized spacial score (nSPS) is 16.0. The van der Waals surface area contributed by atoms with Crippen LogP contribution in [0.15, 0.2) is 0 Å². The zero-order chi connectivity index (χ0) is 9.40. The summed E-state index contributed by atoms with van der Waals surface area (Å²) in [6.07, 6.45) is 0. The average Bonchev–Trinajstić information content (AvgIpc) is 2.13. The number of alkyl halides is 2. The van der Waals surface area contributed by atoms with E-state index in [4.69, 9.17) is 23.2 Å². The van der Waals surface area contributed by atoms with Crippen molar-refractivity contribution in [1.82, 2.24) is 0 Å². The summed E-state index contributed by atoms with van der Waals surface area (Å²) in [6, 6.07) is 5.60. The molecular formula is C8H20Cl2Si2. The molecule has 2 atom stereocenters. The van der Waals surface area contributed by atoms with Crippen LogP contribution < -0.4 is 0 Å². The minimum absolute atomic E-state index is 0.535. The van der Waals surface area contributed by atoms with Crippen LogP contribution in [-0.4, -0.2) is 28.6 Å². The van der Waals surface area contributed by atoms with E-state index in [0.717, 1.165) is 11.0 Å². The van der Waals surface area contributed by atoms with Crippen LogP contribution >= 0.6 is 23.2 Å². The Bertz CT molecular complexity index is 81.1. The summed E-state index contributed by atoms with van der Waals surface area (Å²) in [5.74, 6) is 0. The van der Waals surface area contributed by atoms with Gasteiger partial charge in [-0.3, -0.25) is 0 Å². The van der Waals surface area contributed by atoms with Crippen LogP contribution in [-0.2, 0) is 0 Å². The second-order valence-electron chi connectivity index (χ2n) is 3.43. The van der Waals surface area contributed by atoms with Gasteiger partial charge in [-0.15, -0.1) is 23.2 Å². The minimum Gasteiger partial charge on any atom is -0.131 e. The molecule has 0 bridgehead atoms. The fourth-order valence-corrected chi connectivity index (χ4v) is 8.82. The summed E-state index contributed by atoms with van der Waals surface area (Å²) in [4.78, 5) is 0. The highest BCUT2D eigenvalue weighted by Gasteiger charge is 2.11. The van der Waals surface area contributed by atoms with Crippen LogP contribution in [0.4, 0.5) is 0 Å². The third-order valence-corrected chi connectivity index (χ3v) is 11.3. The van der Waals surface area contributed by atoms with Gasteiger partial charge in [0.1, 0.15) is 0 Å². The molecule has 0 amide bonds. The van der Waals surface area contributed by atoms with Crippen molar-refractivity contribution in [3.05, 3.63) is 0 Å². The quantitative estimate of drug-likeness (QED) is 0.476. The van der Waals surface area contributed by atoms with Crippen LogP contribution in [0.25, 0.3) is 0 Å². The molecule has 0 N–H and O–H groups in total. The lowest BCUT2D eigenvalue weighted by molar-refractivity contribution is 1.24. The highest BCUT2D eigenvalue weighted by molar-refractivity contribution is 6.71. The molecule has 4 heteroatoms. The third-order valence-electron chi connectivity index (χ3n) is 2.57. The maximum absolute atomic E-state index is 5.88. The van der Waals surface area contributed by atoms with Crippen LogP contribution in [0, 0.1) is 0 Å². The van der Waals surface area contributed by atoms with E-state index in [1.165, 1.54) is 24.2 Å². The molecule has 74 valence electrons. The lowest BCUT2D eigenvalue weighted by Gasteiger charge is -2.13. The topological polar surface area (TPSA) is 0 Å². The molecule has 0 aromatic heterocycles. The molecule has 0 spiro atoms. The van der Waals surface area contributed by atoms with E-state index in [1.54, 1.807) is 0 Å². The molecule has 0 saturated carbocycles. The van der Waals surface area contributed by atoms with Gasteiger partial charge in [0.15, 0.2) is 0 Å². The van der Waals surface area contributed by atoms with E-state index in [9.17, 15) is 0 Å². The Hall–Kier alpha value is 1.01. The summed E-state index contributed by atoms with van der Waals surface area (Å²) in [5.41, 5.74) is 1.92. The van der Waals surface area contributed by atoms with Crippen LogP contribution in [0.5, 0.6) is 0 Å². The fraction of sp³-hybridized carbons (Fsp3) is 1.00. The molecular weight excluding hydrogens is 223 g/mol. The van der Waals surface area contributed by atoms with Gasteiger partial charge in [-0.2, -0.15) is 0 Å². The van der Waals surface area contributed by atoms with Crippen molar-refractivity contribution < 1.29 is 0 Å². The largest absolute Gasteiger partial charge is 0.131 e. The number of halogens is 2. The van der Waals surface area contributed by atoms with E-state index in [1.807, 2.05) is 0 Å². The van der Waals surface area contributed by atoms with Gasteiger partial charge in [-0.25, -0.2) is 0 Å². The molecule has 0 radical (unpaired) electrons. The predicted molar refractivity (Wildman–Crippen MR) is 66.3 cm³/mol. The molecule has 0 aliphatic rings. The maximum atomic E-state index is 5.88. The van der Waals surface area contributed by atoms with Gasteiger partial charge < -0.3 is 0 Å². The second kappa shape index (κ2) is 8.60. The Kier molecular flexibility index (Phi) is 9.33. The Morgan fingerprint density at radius 3 is 1.33 bits per heavy atom. The first kappa shape index (κ1) is 13.0. The van der Waals surface area contributed by atoms with Crippen molar-refractivity contribution in [3.8, 4) is 0 Å². The van der Waals surface area contributed by atoms with Crippen molar-refractivity contribution >= 4 is 40.8 Å². The molecule has 0 nitrogen and oxygen atoms in total. The molecule has 0 aromatic carbocycles. The van der Waals surface area contributed by atoms with Crippen LogP contribution in [0.2, 0.25) is 24.2 Å². The summed E-state index contributed by atoms with van der Waals surface area (Å²) in [7, 11) is -1.07. The highest BCUT2D eigenvalue weighted by atomic mass is 35.5. The van der Waals surface area contributed by atoms with Gasteiger partial charge in [0.05, 0.1) is 17.6 Å². The van der Waals surface area contributed by atoms with Gasteiger partial charge in [-0.1, -0.05) is 38.0 Å². The number of rotatable bonds is 7. The molecule has 0 aromatic rings. The first-order valence-corrected chi connectivity index (χ1v) is 10.9. The van der Waals surface area contributed by atoms with Crippen molar-refractivity contribution in [2.75, 3.05) is 11.0 Å². The van der Waals surface area contributed by atoms with Crippen molar-refractivity contribution in [1.29, 1.82) is 0 Å². The van der Waals surface area contributed by atoms with Crippen molar-refractivity contribution in [2.24, 2.45) is 0 Å². The zero-order valence-electron chi connectivity index (χ0n) is 8.15. The summed E-state index contributed by atoms with van der Waals surface area (Å²) < 4.78 is 0. The molecule has 12 heavy (non-hydrogen) atoms. The van der Waals surface area contributed by atoms with E-state index >= 15 is 0 Å². The van der Waals surface area contributed by atoms with E-state index in [2.05, 4.69) is 13.8 Å². The lowest BCUT2D eigenvalue weighted by Crippen LogP contribution is -2.20. The molecule has 0 saturated heterocycles. The number of hydrogen-bond donors (Lipinski definition) is 0. The Morgan fingerprint density at radius 2 is 1.17 bits per heavy atom. The lowest BCUT2D eigenvalue weighted by atomic mass is 10.9. The van der Waals surface area contributed by atoms with Crippen molar-refractivity contribution in [3.63, 3.8) is 0 Å². The van der Waals surface area contributed by atoms with Gasteiger partial charge in [0.25, 0.3) is 0 Å². The Labute approximate surface area is 89.9 Å². The van der Waals surface area contributed by atoms with E-state index in [0.29, 0.717) is 0 Å². The molecule has 2 unspecified atom stereocenters. The third kappa shape index (κ3) is 5.62. The minimum atomic E-state index is -0.535. The number of hydrogen-bond acceptors (Lipinski definition) is 0.